The molecule has 1 unspecified atom stereocenters. The minimum Gasteiger partial charge on any atom is -0.493 e. The smallest absolute Gasteiger partial charge is 0.234 e. The molecular weight excluding hydrogens is 499 g/mol. The zero-order valence-electron chi connectivity index (χ0n) is 22.9. The molecule has 1 aliphatic rings. The minimum atomic E-state index is -0.437. The van der Waals surface area contributed by atoms with E-state index in [0.717, 1.165) is 29.7 Å². The summed E-state index contributed by atoms with van der Waals surface area (Å²) in [4.78, 5) is 15.2. The molecule has 0 aromatic heterocycles. The highest BCUT2D eigenvalue weighted by Crippen LogP contribution is 2.40. The Kier molecular flexibility index (Phi) is 10.0. The number of hydrogen-bond acceptors (Lipinski definition) is 6. The highest BCUT2D eigenvalue weighted by atomic mass is 19.1. The summed E-state index contributed by atoms with van der Waals surface area (Å²) in [5.41, 5.74) is 4.35. The molecule has 1 atom stereocenters. The van der Waals surface area contributed by atoms with Crippen molar-refractivity contribution in [2.24, 2.45) is 0 Å². The number of fused-ring (bicyclic) bond motifs is 1. The predicted molar refractivity (Wildman–Crippen MR) is 149 cm³/mol. The molecule has 0 aliphatic carbocycles. The van der Waals surface area contributed by atoms with Crippen LogP contribution in [-0.2, 0) is 24.2 Å². The SMILES string of the molecule is COc1cc2c(cc1OC)C(Cc1ccc(OC)c(OCCCF)c1)N(CC(=O)NCc1ccccc1)CC2. The van der Waals surface area contributed by atoms with Crippen LogP contribution in [0.2, 0.25) is 0 Å². The quantitative estimate of drug-likeness (QED) is 0.313. The fourth-order valence-corrected chi connectivity index (χ4v) is 4.97. The van der Waals surface area contributed by atoms with Crippen LogP contribution in [0.3, 0.4) is 0 Å². The molecule has 0 saturated carbocycles. The van der Waals surface area contributed by atoms with Gasteiger partial charge in [-0.2, -0.15) is 0 Å². The molecule has 1 N–H and O–H groups in total. The predicted octanol–water partition coefficient (Wildman–Crippen LogP) is 4.91. The molecule has 4 rings (SSSR count). The van der Waals surface area contributed by atoms with Gasteiger partial charge in [-0.15, -0.1) is 0 Å². The van der Waals surface area contributed by atoms with Gasteiger partial charge in [0.2, 0.25) is 5.91 Å². The van der Waals surface area contributed by atoms with E-state index >= 15 is 0 Å². The summed E-state index contributed by atoms with van der Waals surface area (Å²) in [5, 5.41) is 3.06. The van der Waals surface area contributed by atoms with Gasteiger partial charge in [-0.05, 0) is 59.4 Å². The van der Waals surface area contributed by atoms with E-state index in [-0.39, 0.29) is 25.1 Å². The van der Waals surface area contributed by atoms with Crippen LogP contribution in [0.4, 0.5) is 4.39 Å². The number of rotatable bonds is 13. The van der Waals surface area contributed by atoms with Crippen LogP contribution in [0, 0.1) is 0 Å². The van der Waals surface area contributed by atoms with Crippen molar-refractivity contribution in [3.05, 3.63) is 82.9 Å². The van der Waals surface area contributed by atoms with E-state index < -0.39 is 6.67 Å². The highest BCUT2D eigenvalue weighted by molar-refractivity contribution is 5.78. The molecule has 0 spiro atoms. The zero-order valence-corrected chi connectivity index (χ0v) is 22.9. The van der Waals surface area contributed by atoms with Crippen LogP contribution >= 0.6 is 0 Å². The number of carbonyl (C=O) groups excluding carboxylic acids is 1. The van der Waals surface area contributed by atoms with E-state index in [9.17, 15) is 9.18 Å². The fraction of sp³-hybridized carbons (Fsp3) is 0.387. The first-order chi connectivity index (χ1) is 19.1. The van der Waals surface area contributed by atoms with Gasteiger partial charge in [0.15, 0.2) is 23.0 Å². The number of alkyl halides is 1. The molecule has 7 nitrogen and oxygen atoms in total. The number of nitrogens with zero attached hydrogens (tertiary/aromatic N) is 1. The number of ether oxygens (including phenoxy) is 4. The second-order valence-electron chi connectivity index (χ2n) is 9.48. The van der Waals surface area contributed by atoms with Gasteiger partial charge in [0.25, 0.3) is 0 Å². The minimum absolute atomic E-state index is 0.0299. The molecular formula is C31H37FN2O5. The van der Waals surface area contributed by atoms with Crippen molar-refractivity contribution >= 4 is 5.91 Å². The van der Waals surface area contributed by atoms with E-state index in [1.807, 2.05) is 60.7 Å². The van der Waals surface area contributed by atoms with E-state index in [1.54, 1.807) is 21.3 Å². The maximum Gasteiger partial charge on any atom is 0.234 e. The van der Waals surface area contributed by atoms with Gasteiger partial charge in [-0.25, -0.2) is 0 Å². The van der Waals surface area contributed by atoms with Crippen LogP contribution in [0.25, 0.3) is 0 Å². The molecule has 3 aromatic rings. The molecule has 1 amide bonds. The third kappa shape index (κ3) is 7.20. The Morgan fingerprint density at radius 3 is 2.38 bits per heavy atom. The Balaban J connectivity index is 1.60. The van der Waals surface area contributed by atoms with Crippen LogP contribution in [-0.4, -0.2) is 58.5 Å². The first kappa shape index (κ1) is 28.2. The van der Waals surface area contributed by atoms with Crippen molar-refractivity contribution in [3.63, 3.8) is 0 Å². The van der Waals surface area contributed by atoms with Crippen molar-refractivity contribution in [2.75, 3.05) is 47.7 Å². The summed E-state index contributed by atoms with van der Waals surface area (Å²) < 4.78 is 35.1. The molecule has 1 aliphatic heterocycles. The summed E-state index contributed by atoms with van der Waals surface area (Å²) in [5.74, 6) is 2.50. The standard InChI is InChI=1S/C31H37FN2O5/c1-36-27-11-10-23(17-30(27)39-15-7-13-32)16-26-25-19-29(38-3)28(37-2)18-24(25)12-14-34(26)21-31(35)33-20-22-8-5-4-6-9-22/h4-6,8-11,17-19,26H,7,12-16,20-21H2,1-3H3,(H,33,35). The molecule has 8 heteroatoms. The number of benzene rings is 3. The Morgan fingerprint density at radius 1 is 0.923 bits per heavy atom. The Labute approximate surface area is 229 Å². The molecule has 0 bridgehead atoms. The van der Waals surface area contributed by atoms with E-state index in [1.165, 1.54) is 5.56 Å². The monoisotopic (exact) mass is 536 g/mol. The topological polar surface area (TPSA) is 69.3 Å². The molecule has 39 heavy (non-hydrogen) atoms. The second kappa shape index (κ2) is 13.8. The molecule has 208 valence electrons. The maximum absolute atomic E-state index is 13.0. The summed E-state index contributed by atoms with van der Waals surface area (Å²) >= 11 is 0. The number of methoxy groups -OCH3 is 3. The van der Waals surface area contributed by atoms with Gasteiger partial charge >= 0.3 is 0 Å². The van der Waals surface area contributed by atoms with Gasteiger partial charge in [-0.1, -0.05) is 36.4 Å². The average molecular weight is 537 g/mol. The Morgan fingerprint density at radius 2 is 1.67 bits per heavy atom. The lowest BCUT2D eigenvalue weighted by molar-refractivity contribution is -0.123. The summed E-state index contributed by atoms with van der Waals surface area (Å²) in [6.07, 6.45) is 1.74. The van der Waals surface area contributed by atoms with E-state index in [4.69, 9.17) is 18.9 Å². The van der Waals surface area contributed by atoms with Gasteiger partial charge in [0, 0.05) is 25.6 Å². The van der Waals surface area contributed by atoms with E-state index in [0.29, 0.717) is 42.4 Å². The molecule has 0 radical (unpaired) electrons. The second-order valence-corrected chi connectivity index (χ2v) is 9.48. The number of nitrogens with one attached hydrogen (secondary N) is 1. The number of halogens is 1. The normalized spacial score (nSPS) is 14.8. The van der Waals surface area contributed by atoms with Crippen molar-refractivity contribution in [1.82, 2.24) is 10.2 Å². The van der Waals surface area contributed by atoms with E-state index in [2.05, 4.69) is 10.2 Å². The van der Waals surface area contributed by atoms with Crippen LogP contribution < -0.4 is 24.3 Å². The molecule has 0 fully saturated rings. The summed E-state index contributed by atoms with van der Waals surface area (Å²) in [6.45, 7) is 1.31. The largest absolute Gasteiger partial charge is 0.493 e. The lowest BCUT2D eigenvalue weighted by atomic mass is 9.88. The number of carbonyl (C=O) groups is 1. The van der Waals surface area contributed by atoms with Crippen LogP contribution in [0.5, 0.6) is 23.0 Å². The maximum atomic E-state index is 13.0. The van der Waals surface area contributed by atoms with Crippen molar-refractivity contribution in [2.45, 2.75) is 31.8 Å². The Hall–Kier alpha value is -3.78. The van der Waals surface area contributed by atoms with Gasteiger partial charge in [-0.3, -0.25) is 14.1 Å². The first-order valence-corrected chi connectivity index (χ1v) is 13.2. The first-order valence-electron chi connectivity index (χ1n) is 13.2. The number of hydrogen-bond donors (Lipinski definition) is 1. The Bertz CT molecular complexity index is 1240. The van der Waals surface area contributed by atoms with Crippen molar-refractivity contribution in [1.29, 1.82) is 0 Å². The van der Waals surface area contributed by atoms with Gasteiger partial charge in [0.1, 0.15) is 0 Å². The molecule has 1 heterocycles. The molecule has 3 aromatic carbocycles. The highest BCUT2D eigenvalue weighted by Gasteiger charge is 2.31. The third-order valence-electron chi connectivity index (χ3n) is 6.99. The van der Waals surface area contributed by atoms with Gasteiger partial charge in [0.05, 0.1) is 41.2 Å². The number of amides is 1. The summed E-state index contributed by atoms with van der Waals surface area (Å²) in [7, 11) is 4.85. The zero-order chi connectivity index (χ0) is 27.6. The average Bonchev–Trinajstić information content (AvgIpc) is 2.97. The van der Waals surface area contributed by atoms with Crippen LogP contribution in [0.1, 0.15) is 34.7 Å². The van der Waals surface area contributed by atoms with Crippen molar-refractivity contribution in [3.8, 4) is 23.0 Å². The summed E-state index contributed by atoms with van der Waals surface area (Å²) in [6, 6.07) is 19.7. The fourth-order valence-electron chi connectivity index (χ4n) is 4.97. The van der Waals surface area contributed by atoms with Gasteiger partial charge < -0.3 is 24.3 Å². The molecule has 0 saturated heterocycles. The van der Waals surface area contributed by atoms with Crippen molar-refractivity contribution < 1.29 is 28.1 Å². The lowest BCUT2D eigenvalue weighted by Crippen LogP contribution is -2.43. The van der Waals surface area contributed by atoms with Crippen LogP contribution in [0.15, 0.2) is 60.7 Å². The lowest BCUT2D eigenvalue weighted by Gasteiger charge is -2.37. The third-order valence-corrected chi connectivity index (χ3v) is 6.99.